The number of benzene rings is 2. The lowest BCUT2D eigenvalue weighted by Gasteiger charge is -2.34. The molecule has 0 radical (unpaired) electrons. The molecule has 1 amide bonds. The smallest absolute Gasteiger partial charge is 0.284 e. The summed E-state index contributed by atoms with van der Waals surface area (Å²) >= 11 is 0. The van der Waals surface area contributed by atoms with E-state index >= 15 is 0 Å². The van der Waals surface area contributed by atoms with Crippen LogP contribution in [0.1, 0.15) is 23.6 Å². The number of nitrogens with zero attached hydrogens (tertiary/aromatic N) is 2. The van der Waals surface area contributed by atoms with Gasteiger partial charge in [0.05, 0.1) is 11.6 Å². The lowest BCUT2D eigenvalue weighted by Crippen LogP contribution is -3.29. The van der Waals surface area contributed by atoms with Crippen LogP contribution in [0.15, 0.2) is 48.5 Å². The minimum Gasteiger partial charge on any atom is -0.322 e. The number of hydrogen-bond acceptors (Lipinski definition) is 2. The first kappa shape index (κ1) is 18.7. The number of anilines is 1. The van der Waals surface area contributed by atoms with Gasteiger partial charge < -0.3 is 14.7 Å². The third-order valence-corrected chi connectivity index (χ3v) is 6.27. The summed E-state index contributed by atoms with van der Waals surface area (Å²) in [6, 6.07) is 18.4. The Kier molecular flexibility index (Phi) is 5.43. The number of fused-ring (bicyclic) bond motifs is 1. The molecule has 0 aromatic heterocycles. The molecule has 0 saturated carbocycles. The van der Waals surface area contributed by atoms with Crippen LogP contribution >= 0.6 is 0 Å². The predicted molar refractivity (Wildman–Crippen MR) is 108 cm³/mol. The van der Waals surface area contributed by atoms with Crippen molar-refractivity contribution in [3.05, 3.63) is 65.2 Å². The van der Waals surface area contributed by atoms with Gasteiger partial charge in [0.1, 0.15) is 32.7 Å². The Hall–Kier alpha value is -2.68. The van der Waals surface area contributed by atoms with Crippen LogP contribution in [-0.4, -0.2) is 44.7 Å². The Morgan fingerprint density at radius 3 is 2.54 bits per heavy atom. The highest BCUT2D eigenvalue weighted by atomic mass is 16.2. The van der Waals surface area contributed by atoms with Gasteiger partial charge in [-0.25, -0.2) is 0 Å². The minimum absolute atomic E-state index is 0.00242. The zero-order valence-corrected chi connectivity index (χ0v) is 16.4. The van der Waals surface area contributed by atoms with E-state index in [-0.39, 0.29) is 11.9 Å². The summed E-state index contributed by atoms with van der Waals surface area (Å²) in [7, 11) is 0. The predicted octanol–water partition coefficient (Wildman–Crippen LogP) is -0.181. The number of amides is 1. The number of carbonyl (C=O) groups is 1. The maximum absolute atomic E-state index is 13.1. The highest BCUT2D eigenvalue weighted by Crippen LogP contribution is 2.27. The Balaban J connectivity index is 1.32. The normalized spacial score (nSPS) is 22.4. The van der Waals surface area contributed by atoms with Gasteiger partial charge in [0.25, 0.3) is 5.91 Å². The van der Waals surface area contributed by atoms with E-state index in [2.05, 4.69) is 43.3 Å². The maximum atomic E-state index is 13.1. The van der Waals surface area contributed by atoms with E-state index in [0.29, 0.717) is 5.56 Å². The van der Waals surface area contributed by atoms with Crippen molar-refractivity contribution in [2.75, 3.05) is 37.6 Å². The minimum atomic E-state index is 0.00242. The summed E-state index contributed by atoms with van der Waals surface area (Å²) in [5.74, 6) is 0.260. The number of piperazine rings is 1. The van der Waals surface area contributed by atoms with E-state index in [1.807, 2.05) is 23.1 Å². The molecule has 2 aliphatic heterocycles. The highest BCUT2D eigenvalue weighted by molar-refractivity contribution is 5.97. The number of hydrogen-bond donors (Lipinski definition) is 2. The van der Waals surface area contributed by atoms with Crippen LogP contribution in [-0.2, 0) is 17.8 Å². The molecule has 5 nitrogen and oxygen atoms in total. The van der Waals surface area contributed by atoms with Crippen LogP contribution in [0.3, 0.4) is 0 Å². The second-order valence-corrected chi connectivity index (χ2v) is 7.98. The van der Waals surface area contributed by atoms with Gasteiger partial charge in [0, 0.05) is 17.8 Å². The van der Waals surface area contributed by atoms with Crippen LogP contribution in [0.5, 0.6) is 0 Å². The lowest BCUT2D eigenvalue weighted by molar-refractivity contribution is -1.02. The monoisotopic (exact) mass is 376 g/mol. The van der Waals surface area contributed by atoms with Gasteiger partial charge in [-0.05, 0) is 37.1 Å². The average molecular weight is 377 g/mol. The zero-order valence-electron chi connectivity index (χ0n) is 16.4. The molecule has 2 N–H and O–H groups in total. The van der Waals surface area contributed by atoms with E-state index in [4.69, 9.17) is 5.26 Å². The molecule has 28 heavy (non-hydrogen) atoms. The fourth-order valence-electron chi connectivity index (χ4n) is 4.50. The largest absolute Gasteiger partial charge is 0.322 e. The third kappa shape index (κ3) is 3.80. The molecule has 1 atom stereocenters. The second-order valence-electron chi connectivity index (χ2n) is 7.98. The van der Waals surface area contributed by atoms with Crippen LogP contribution in [0.4, 0.5) is 5.69 Å². The van der Waals surface area contributed by atoms with Gasteiger partial charge in [0.2, 0.25) is 0 Å². The Morgan fingerprint density at radius 1 is 1.11 bits per heavy atom. The molecule has 0 bridgehead atoms. The van der Waals surface area contributed by atoms with Crippen molar-refractivity contribution >= 4 is 11.6 Å². The molecular weight excluding hydrogens is 348 g/mol. The molecule has 0 unspecified atom stereocenters. The molecule has 2 heterocycles. The topological polar surface area (TPSA) is 53.0 Å². The van der Waals surface area contributed by atoms with Crippen molar-refractivity contribution in [3.8, 4) is 6.07 Å². The van der Waals surface area contributed by atoms with Crippen LogP contribution in [0, 0.1) is 11.3 Å². The van der Waals surface area contributed by atoms with Crippen LogP contribution in [0.25, 0.3) is 0 Å². The first-order valence-electron chi connectivity index (χ1n) is 10.2. The van der Waals surface area contributed by atoms with Crippen molar-refractivity contribution in [2.24, 2.45) is 0 Å². The van der Waals surface area contributed by atoms with Gasteiger partial charge in [-0.3, -0.25) is 4.79 Å². The van der Waals surface area contributed by atoms with E-state index in [0.717, 1.165) is 51.4 Å². The van der Waals surface area contributed by atoms with Gasteiger partial charge >= 0.3 is 0 Å². The van der Waals surface area contributed by atoms with Crippen molar-refractivity contribution in [1.29, 1.82) is 5.26 Å². The number of quaternary nitrogens is 2. The molecule has 5 heteroatoms. The second kappa shape index (κ2) is 8.14. The van der Waals surface area contributed by atoms with Crippen molar-refractivity contribution < 1.29 is 14.6 Å². The van der Waals surface area contributed by atoms with Crippen LogP contribution < -0.4 is 14.7 Å². The fraction of sp³-hybridized carbons (Fsp3) is 0.391. The first-order chi connectivity index (χ1) is 13.7. The van der Waals surface area contributed by atoms with Crippen LogP contribution in [0.2, 0.25) is 0 Å². The SMILES string of the molecule is C[C@H](C(=O)N1CCc2ccccc21)[NH+]1CC[NH+](Cc2ccc(C#N)cc2)CC1. The average Bonchev–Trinajstić information content (AvgIpc) is 3.18. The third-order valence-electron chi connectivity index (χ3n) is 6.27. The first-order valence-corrected chi connectivity index (χ1v) is 10.2. The van der Waals surface area contributed by atoms with E-state index in [1.165, 1.54) is 16.0 Å². The van der Waals surface area contributed by atoms with Gasteiger partial charge in [0.15, 0.2) is 6.04 Å². The lowest BCUT2D eigenvalue weighted by atomic mass is 10.1. The Morgan fingerprint density at radius 2 is 1.82 bits per heavy atom. The molecule has 2 aliphatic rings. The molecule has 4 rings (SSSR count). The summed E-state index contributed by atoms with van der Waals surface area (Å²) in [6.07, 6.45) is 0.965. The molecule has 0 aliphatic carbocycles. The van der Waals surface area contributed by atoms with Gasteiger partial charge in [-0.2, -0.15) is 5.26 Å². The van der Waals surface area contributed by atoms with E-state index in [9.17, 15) is 4.79 Å². The summed E-state index contributed by atoms with van der Waals surface area (Å²) in [5, 5.41) is 8.92. The van der Waals surface area contributed by atoms with Gasteiger partial charge in [-0.1, -0.05) is 30.3 Å². The maximum Gasteiger partial charge on any atom is 0.284 e. The van der Waals surface area contributed by atoms with Crippen molar-refractivity contribution in [3.63, 3.8) is 0 Å². The zero-order chi connectivity index (χ0) is 19.5. The van der Waals surface area contributed by atoms with E-state index in [1.54, 1.807) is 4.90 Å². The van der Waals surface area contributed by atoms with E-state index < -0.39 is 0 Å². The summed E-state index contributed by atoms with van der Waals surface area (Å²) in [6.45, 7) is 8.08. The van der Waals surface area contributed by atoms with Crippen molar-refractivity contribution in [2.45, 2.75) is 25.9 Å². The van der Waals surface area contributed by atoms with Gasteiger partial charge in [-0.15, -0.1) is 0 Å². The number of nitrogens with one attached hydrogen (secondary N) is 2. The fourth-order valence-corrected chi connectivity index (χ4v) is 4.50. The summed E-state index contributed by atoms with van der Waals surface area (Å²) in [4.78, 5) is 18.1. The molecule has 2 aromatic rings. The molecule has 1 fully saturated rings. The number of para-hydroxylation sites is 1. The summed E-state index contributed by atoms with van der Waals surface area (Å²) in [5.41, 5.74) is 4.37. The standard InChI is InChI=1S/C23H26N4O/c1-18(23(28)27-11-10-21-4-2-3-5-22(21)27)26-14-12-25(13-15-26)17-20-8-6-19(16-24)7-9-20/h2-9,18H,10-15,17H2,1H3/p+2/t18-/m1/s1. The Labute approximate surface area is 166 Å². The molecule has 0 spiro atoms. The quantitative estimate of drug-likeness (QED) is 0.778. The molecule has 144 valence electrons. The highest BCUT2D eigenvalue weighted by Gasteiger charge is 2.35. The van der Waals surface area contributed by atoms with Crippen molar-refractivity contribution in [1.82, 2.24) is 0 Å². The number of nitriles is 1. The molecule has 1 saturated heterocycles. The summed E-state index contributed by atoms with van der Waals surface area (Å²) < 4.78 is 0. The number of rotatable bonds is 4. The Bertz CT molecular complexity index is 878. The molecular formula is C23H28N4O+2. The molecule has 2 aromatic carbocycles. The number of carbonyl (C=O) groups excluding carboxylic acids is 1.